The molecule has 0 N–H and O–H groups in total. The lowest BCUT2D eigenvalue weighted by atomic mass is 10.1. The number of nitrogens with zero attached hydrogens (tertiary/aromatic N) is 4. The lowest BCUT2D eigenvalue weighted by Crippen LogP contribution is -2.51. The molecule has 5 heteroatoms. The number of anilines is 1. The van der Waals surface area contributed by atoms with Crippen molar-refractivity contribution in [3.8, 4) is 6.07 Å². The first-order valence-corrected chi connectivity index (χ1v) is 8.02. The van der Waals surface area contributed by atoms with Crippen molar-refractivity contribution >= 4 is 16.5 Å². The summed E-state index contributed by atoms with van der Waals surface area (Å²) in [6.45, 7) is 6.08. The maximum atomic E-state index is 9.18. The Morgan fingerprint density at radius 2 is 2.24 bits per heavy atom. The molecule has 1 saturated heterocycles. The number of hydrogen-bond donors (Lipinski definition) is 0. The van der Waals surface area contributed by atoms with Gasteiger partial charge in [0, 0.05) is 43.8 Å². The molecule has 0 bridgehead atoms. The molecule has 0 unspecified atom stereocenters. The Labute approximate surface area is 129 Å². The fraction of sp³-hybridized carbons (Fsp3) is 0.375. The summed E-state index contributed by atoms with van der Waals surface area (Å²) in [6, 6.07) is 10.6. The number of benzene rings is 1. The van der Waals surface area contributed by atoms with Gasteiger partial charge in [-0.1, -0.05) is 18.2 Å². The molecule has 2 heterocycles. The van der Waals surface area contributed by atoms with E-state index in [1.54, 1.807) is 11.3 Å². The molecule has 1 aliphatic rings. The molecule has 1 aliphatic heterocycles. The summed E-state index contributed by atoms with van der Waals surface area (Å²) in [5.74, 6) is 0. The van der Waals surface area contributed by atoms with Crippen LogP contribution in [0.3, 0.4) is 0 Å². The van der Waals surface area contributed by atoms with Gasteiger partial charge in [0.05, 0.1) is 11.6 Å². The Balaban J connectivity index is 1.66. The first-order valence-electron chi connectivity index (χ1n) is 7.14. The molecule has 0 radical (unpaired) electrons. The second kappa shape index (κ2) is 6.25. The smallest absolute Gasteiger partial charge is 0.185 e. The standard InChI is InChI=1S/C16H18N4S/c1-13-11-19(7-8-20(13)16-18-6-9-21-16)12-15-5-3-2-4-14(15)10-17/h2-6,9,13H,7-8,11-12H2,1H3/t13-/m0/s1. The van der Waals surface area contributed by atoms with Crippen LogP contribution in [0.4, 0.5) is 5.13 Å². The molecule has 1 aromatic carbocycles. The van der Waals surface area contributed by atoms with Gasteiger partial charge in [0.1, 0.15) is 0 Å². The highest BCUT2D eigenvalue weighted by molar-refractivity contribution is 7.13. The summed E-state index contributed by atoms with van der Waals surface area (Å²) in [5, 5.41) is 12.3. The van der Waals surface area contributed by atoms with E-state index in [0.29, 0.717) is 6.04 Å². The fourth-order valence-electron chi connectivity index (χ4n) is 2.83. The number of piperazine rings is 1. The van der Waals surface area contributed by atoms with Crippen LogP contribution >= 0.6 is 11.3 Å². The molecular weight excluding hydrogens is 280 g/mol. The Morgan fingerprint density at radius 1 is 1.38 bits per heavy atom. The molecule has 4 nitrogen and oxygen atoms in total. The number of thiazole rings is 1. The Hall–Kier alpha value is -1.90. The van der Waals surface area contributed by atoms with Crippen molar-refractivity contribution in [1.29, 1.82) is 5.26 Å². The van der Waals surface area contributed by atoms with Gasteiger partial charge >= 0.3 is 0 Å². The third-order valence-electron chi connectivity index (χ3n) is 3.91. The van der Waals surface area contributed by atoms with Crippen LogP contribution in [0.15, 0.2) is 35.8 Å². The van der Waals surface area contributed by atoms with Gasteiger partial charge in [0.2, 0.25) is 0 Å². The molecule has 0 saturated carbocycles. The van der Waals surface area contributed by atoms with Crippen LogP contribution in [0.25, 0.3) is 0 Å². The van der Waals surface area contributed by atoms with E-state index in [0.717, 1.165) is 42.4 Å². The van der Waals surface area contributed by atoms with E-state index in [4.69, 9.17) is 0 Å². The third-order valence-corrected chi connectivity index (χ3v) is 4.72. The van der Waals surface area contributed by atoms with Gasteiger partial charge in [-0.15, -0.1) is 11.3 Å². The molecule has 1 atom stereocenters. The summed E-state index contributed by atoms with van der Waals surface area (Å²) in [7, 11) is 0. The van der Waals surface area contributed by atoms with Gasteiger partial charge in [-0.2, -0.15) is 5.26 Å². The van der Waals surface area contributed by atoms with Crippen molar-refractivity contribution in [1.82, 2.24) is 9.88 Å². The van der Waals surface area contributed by atoms with Crippen molar-refractivity contribution in [2.45, 2.75) is 19.5 Å². The topological polar surface area (TPSA) is 43.2 Å². The largest absolute Gasteiger partial charge is 0.343 e. The van der Waals surface area contributed by atoms with Crippen LogP contribution in [-0.2, 0) is 6.54 Å². The average molecular weight is 298 g/mol. The lowest BCUT2D eigenvalue weighted by Gasteiger charge is -2.39. The predicted octanol–water partition coefficient (Wildman–Crippen LogP) is 2.73. The SMILES string of the molecule is C[C@H]1CN(Cc2ccccc2C#N)CCN1c1nccs1. The number of nitriles is 1. The quantitative estimate of drug-likeness (QED) is 0.874. The molecule has 0 aliphatic carbocycles. The van der Waals surface area contributed by atoms with Crippen molar-refractivity contribution in [3.63, 3.8) is 0 Å². The molecule has 0 amide bonds. The Kier molecular flexibility index (Phi) is 4.18. The monoisotopic (exact) mass is 298 g/mol. The Morgan fingerprint density at radius 3 is 2.95 bits per heavy atom. The normalized spacial score (nSPS) is 19.4. The fourth-order valence-corrected chi connectivity index (χ4v) is 3.60. The van der Waals surface area contributed by atoms with Gasteiger partial charge in [-0.05, 0) is 18.6 Å². The maximum absolute atomic E-state index is 9.18. The predicted molar refractivity (Wildman–Crippen MR) is 85.4 cm³/mol. The molecular formula is C16H18N4S. The van der Waals surface area contributed by atoms with E-state index in [9.17, 15) is 5.26 Å². The average Bonchev–Trinajstić information content (AvgIpc) is 3.02. The molecule has 1 fully saturated rings. The van der Waals surface area contributed by atoms with Crippen LogP contribution in [-0.4, -0.2) is 35.6 Å². The molecule has 1 aromatic heterocycles. The maximum Gasteiger partial charge on any atom is 0.185 e. The highest BCUT2D eigenvalue weighted by atomic mass is 32.1. The zero-order chi connectivity index (χ0) is 14.7. The van der Waals surface area contributed by atoms with Gasteiger partial charge in [-0.25, -0.2) is 4.98 Å². The zero-order valence-corrected chi connectivity index (χ0v) is 12.9. The second-order valence-electron chi connectivity index (χ2n) is 5.36. The third kappa shape index (κ3) is 3.07. The second-order valence-corrected chi connectivity index (χ2v) is 6.23. The van der Waals surface area contributed by atoms with Crippen LogP contribution in [0, 0.1) is 11.3 Å². The van der Waals surface area contributed by atoms with Crippen LogP contribution in [0.1, 0.15) is 18.1 Å². The summed E-state index contributed by atoms with van der Waals surface area (Å²) < 4.78 is 0. The van der Waals surface area contributed by atoms with Gasteiger partial charge in [-0.3, -0.25) is 4.90 Å². The minimum Gasteiger partial charge on any atom is -0.343 e. The molecule has 108 valence electrons. The van der Waals surface area contributed by atoms with E-state index >= 15 is 0 Å². The minimum atomic E-state index is 0.444. The zero-order valence-electron chi connectivity index (χ0n) is 12.1. The highest BCUT2D eigenvalue weighted by Crippen LogP contribution is 2.23. The number of aromatic nitrogens is 1. The van der Waals surface area contributed by atoms with E-state index in [-0.39, 0.29) is 0 Å². The van der Waals surface area contributed by atoms with E-state index in [1.807, 2.05) is 29.8 Å². The first-order chi connectivity index (χ1) is 10.3. The summed E-state index contributed by atoms with van der Waals surface area (Å²) >= 11 is 1.70. The van der Waals surface area contributed by atoms with Gasteiger partial charge < -0.3 is 4.90 Å². The van der Waals surface area contributed by atoms with Crippen molar-refractivity contribution in [2.24, 2.45) is 0 Å². The van der Waals surface area contributed by atoms with Crippen molar-refractivity contribution in [2.75, 3.05) is 24.5 Å². The van der Waals surface area contributed by atoms with Crippen molar-refractivity contribution in [3.05, 3.63) is 47.0 Å². The molecule has 0 spiro atoms. The van der Waals surface area contributed by atoms with Crippen LogP contribution in [0.5, 0.6) is 0 Å². The van der Waals surface area contributed by atoms with E-state index < -0.39 is 0 Å². The van der Waals surface area contributed by atoms with Gasteiger partial charge in [0.15, 0.2) is 5.13 Å². The van der Waals surface area contributed by atoms with Crippen molar-refractivity contribution < 1.29 is 0 Å². The highest BCUT2D eigenvalue weighted by Gasteiger charge is 2.25. The number of hydrogen-bond acceptors (Lipinski definition) is 5. The summed E-state index contributed by atoms with van der Waals surface area (Å²) in [6.07, 6.45) is 1.86. The van der Waals surface area contributed by atoms with Crippen LogP contribution < -0.4 is 4.90 Å². The Bertz CT molecular complexity index is 632. The lowest BCUT2D eigenvalue weighted by molar-refractivity contribution is 0.221. The molecule has 3 rings (SSSR count). The summed E-state index contributed by atoms with van der Waals surface area (Å²) in [4.78, 5) is 9.20. The van der Waals surface area contributed by atoms with Gasteiger partial charge in [0.25, 0.3) is 0 Å². The molecule has 21 heavy (non-hydrogen) atoms. The number of rotatable bonds is 3. The summed E-state index contributed by atoms with van der Waals surface area (Å²) in [5.41, 5.74) is 1.91. The van der Waals surface area contributed by atoms with E-state index in [2.05, 4.69) is 33.8 Å². The van der Waals surface area contributed by atoms with E-state index in [1.165, 1.54) is 0 Å². The molecule has 2 aromatic rings. The first kappa shape index (κ1) is 14.1. The minimum absolute atomic E-state index is 0.444. The van der Waals surface area contributed by atoms with Crippen LogP contribution in [0.2, 0.25) is 0 Å².